The summed E-state index contributed by atoms with van der Waals surface area (Å²) in [5.41, 5.74) is 4.85. The molecule has 0 aliphatic carbocycles. The van der Waals surface area contributed by atoms with Crippen molar-refractivity contribution in [2.75, 3.05) is 24.6 Å². The first-order chi connectivity index (χ1) is 23.2. The van der Waals surface area contributed by atoms with Gasteiger partial charge >= 0.3 is 64.8 Å². The zero-order chi connectivity index (χ0) is 35.6. The normalized spacial score (nSPS) is 24.6. The van der Waals surface area contributed by atoms with Crippen molar-refractivity contribution < 1.29 is 112 Å². The number of carbonyl (C=O) groups excluding carboxylic acids is 3. The van der Waals surface area contributed by atoms with Gasteiger partial charge in [0.25, 0.3) is 7.82 Å². The number of aliphatic hydroxyl groups is 1. The summed E-state index contributed by atoms with van der Waals surface area (Å²) in [4.78, 5) is 69.9. The third-order valence-corrected chi connectivity index (χ3v) is 10.6. The van der Waals surface area contributed by atoms with Gasteiger partial charge in [0.15, 0.2) is 0 Å². The van der Waals surface area contributed by atoms with Crippen LogP contribution in [0.15, 0.2) is 46.5 Å². The average molecular weight is 791 g/mol. The van der Waals surface area contributed by atoms with Crippen molar-refractivity contribution in [2.45, 2.75) is 86.8 Å². The summed E-state index contributed by atoms with van der Waals surface area (Å²) in [6.45, 7) is 0.461. The predicted octanol–water partition coefficient (Wildman–Crippen LogP) is -6.76. The Labute approximate surface area is 345 Å². The van der Waals surface area contributed by atoms with E-state index in [1.807, 2.05) is 12.1 Å². The fourth-order valence-electron chi connectivity index (χ4n) is 5.08. The maximum atomic E-state index is 12.8. The van der Waals surface area contributed by atoms with Crippen LogP contribution in [0.25, 0.3) is 0 Å². The molecule has 7 atom stereocenters. The van der Waals surface area contributed by atoms with Crippen molar-refractivity contribution in [2.24, 2.45) is 0 Å². The van der Waals surface area contributed by atoms with Crippen LogP contribution in [0.3, 0.4) is 0 Å². The van der Waals surface area contributed by atoms with Crippen molar-refractivity contribution in [3.63, 3.8) is 0 Å². The first kappa shape index (κ1) is 46.1. The van der Waals surface area contributed by atoms with E-state index in [4.69, 9.17) is 24.3 Å². The topological polar surface area (TPSA) is 269 Å². The number of anilines is 1. The van der Waals surface area contributed by atoms with Crippen LogP contribution in [0.2, 0.25) is 0 Å². The summed E-state index contributed by atoms with van der Waals surface area (Å²) in [6, 6.07) is 6.02. The molecule has 0 saturated carbocycles. The second-order valence-corrected chi connectivity index (χ2v) is 15.0. The number of rotatable bonds is 17. The quantitative estimate of drug-likeness (QED) is 0.0502. The summed E-state index contributed by atoms with van der Waals surface area (Å²) in [6.07, 6.45) is -0.909. The smallest absolute Gasteiger partial charge is 0.756 e. The number of aliphatic hydroxyl groups excluding tert-OH is 1. The van der Waals surface area contributed by atoms with Gasteiger partial charge in [0, 0.05) is 37.4 Å². The fraction of sp³-hybridized carbons (Fsp3) is 0.571. The van der Waals surface area contributed by atoms with Crippen LogP contribution in [-0.2, 0) is 37.5 Å². The number of aliphatic carboxylic acids is 1. The number of nitrogens with two attached hydrogens (primary N) is 1. The molecule has 7 unspecified atom stereocenters. The van der Waals surface area contributed by atoms with Gasteiger partial charge < -0.3 is 50.3 Å². The summed E-state index contributed by atoms with van der Waals surface area (Å²) < 4.78 is 35.2. The molecule has 2 aromatic heterocycles. The minimum atomic E-state index is -5.38. The SMILES string of the molecule is CC(O)CC1OC(OP(=O)([O-])OCC2CCC(n3ccc(N)nc3=O)O2)(C(=O)[O-])CCC1NC(=O)CNC(=O)CCSSc1ccccn1.[Na+].[Na+]. The Hall–Kier alpha value is -1.07. The standard InChI is InChI=1S/C28H39N6O12PS2.2Na/c1-17(35)14-20-19(32-23(37)15-31-22(36)9-13-48-49-24-4-2-3-11-30-24)7-10-28(45-20,26(38)39)46-47(41,42)43-16-18-5-6-25(44-18)34-12-8-21(29)33-27(34)40;;/h2-4,8,11-12,17-20,25,35H,5-7,9-10,13-16H2,1H3,(H,31,36)(H,32,37)(H,38,39)(H,41,42)(H2,29,33,40);;/q;2*+1/p-2. The van der Waals surface area contributed by atoms with Crippen LogP contribution in [0.1, 0.15) is 51.7 Å². The first-order valence-electron chi connectivity index (χ1n) is 15.3. The van der Waals surface area contributed by atoms with E-state index in [0.717, 1.165) is 5.03 Å². The second kappa shape index (κ2) is 21.7. The number of hydrogen-bond acceptors (Lipinski definition) is 17. The Morgan fingerprint density at radius 2 is 2.00 bits per heavy atom. The number of phosphoric ester groups is 1. The number of nitrogens with zero attached hydrogens (tertiary/aromatic N) is 3. The molecule has 2 amide bonds. The molecule has 2 aromatic rings. The number of hydrogen-bond donors (Lipinski definition) is 4. The van der Waals surface area contributed by atoms with E-state index in [1.165, 1.54) is 45.3 Å². The average Bonchev–Trinajstić information content (AvgIpc) is 3.51. The summed E-state index contributed by atoms with van der Waals surface area (Å²) >= 11 is 0. The van der Waals surface area contributed by atoms with Gasteiger partial charge in [-0.15, -0.1) is 0 Å². The van der Waals surface area contributed by atoms with Crippen molar-refractivity contribution in [3.8, 4) is 0 Å². The first-order valence-corrected chi connectivity index (χ1v) is 19.0. The number of amides is 2. The van der Waals surface area contributed by atoms with Crippen molar-refractivity contribution in [3.05, 3.63) is 47.1 Å². The fourth-order valence-corrected chi connectivity index (χ4v) is 7.92. The zero-order valence-corrected chi connectivity index (χ0v) is 34.9. The molecule has 270 valence electrons. The molecule has 4 heterocycles. The van der Waals surface area contributed by atoms with Gasteiger partial charge in [0.2, 0.25) is 17.6 Å². The van der Waals surface area contributed by atoms with Gasteiger partial charge in [-0.1, -0.05) is 16.9 Å². The number of carbonyl (C=O) groups is 3. The number of carboxylic acid groups (broad SMARTS) is 1. The maximum Gasteiger partial charge on any atom is 1.00 e. The van der Waals surface area contributed by atoms with E-state index < -0.39 is 74.8 Å². The van der Waals surface area contributed by atoms with Gasteiger partial charge in [-0.05, 0) is 55.2 Å². The molecule has 2 aliphatic heterocycles. The Morgan fingerprint density at radius 3 is 2.67 bits per heavy atom. The van der Waals surface area contributed by atoms with Crippen molar-refractivity contribution in [1.82, 2.24) is 25.2 Å². The van der Waals surface area contributed by atoms with Crippen molar-refractivity contribution >= 4 is 53.0 Å². The van der Waals surface area contributed by atoms with E-state index in [9.17, 15) is 38.8 Å². The molecular weight excluding hydrogens is 753 g/mol. The third-order valence-electron chi connectivity index (χ3n) is 7.37. The van der Waals surface area contributed by atoms with Crippen LogP contribution in [-0.4, -0.2) is 86.5 Å². The van der Waals surface area contributed by atoms with Crippen LogP contribution in [0, 0.1) is 0 Å². The summed E-state index contributed by atoms with van der Waals surface area (Å²) in [5.74, 6) is -5.31. The molecule has 23 heteroatoms. The Bertz CT molecular complexity index is 1570. The molecule has 0 radical (unpaired) electrons. The largest absolute Gasteiger partial charge is 1.00 e. The molecule has 18 nitrogen and oxygen atoms in total. The Balaban J connectivity index is 0.00000451. The van der Waals surface area contributed by atoms with Crippen LogP contribution < -0.4 is 91.2 Å². The molecule has 0 bridgehead atoms. The van der Waals surface area contributed by atoms with Gasteiger partial charge in [-0.25, -0.2) is 9.78 Å². The van der Waals surface area contributed by atoms with Gasteiger partial charge in [-0.3, -0.25) is 23.2 Å². The molecular formula is C28H37N6Na2O12PS2. The molecule has 4 rings (SSSR count). The Kier molecular flexibility index (Phi) is 19.6. The molecule has 0 spiro atoms. The molecule has 2 aliphatic rings. The number of nitrogens with one attached hydrogen (secondary N) is 2. The van der Waals surface area contributed by atoms with E-state index >= 15 is 0 Å². The zero-order valence-electron chi connectivity index (χ0n) is 28.3. The monoisotopic (exact) mass is 790 g/mol. The number of aromatic nitrogens is 3. The van der Waals surface area contributed by atoms with Crippen LogP contribution >= 0.6 is 29.4 Å². The number of carboxylic acids is 1. The molecule has 5 N–H and O–H groups in total. The van der Waals surface area contributed by atoms with E-state index in [2.05, 4.69) is 20.6 Å². The summed E-state index contributed by atoms with van der Waals surface area (Å²) in [7, 11) is -2.53. The third kappa shape index (κ3) is 14.6. The van der Waals surface area contributed by atoms with Gasteiger partial charge in [0.05, 0.1) is 37.5 Å². The van der Waals surface area contributed by atoms with Gasteiger partial charge in [-0.2, -0.15) is 4.98 Å². The van der Waals surface area contributed by atoms with E-state index in [-0.39, 0.29) is 96.6 Å². The second-order valence-electron chi connectivity index (χ2n) is 11.3. The molecule has 2 saturated heterocycles. The minimum absolute atomic E-state index is 0. The number of ether oxygens (including phenoxy) is 2. The minimum Gasteiger partial charge on any atom is -0.756 e. The maximum absolute atomic E-state index is 12.8. The van der Waals surface area contributed by atoms with Gasteiger partial charge in [0.1, 0.15) is 23.0 Å². The van der Waals surface area contributed by atoms with E-state index in [1.54, 1.807) is 12.3 Å². The molecule has 51 heavy (non-hydrogen) atoms. The number of nitrogen functional groups attached to an aromatic ring is 1. The van der Waals surface area contributed by atoms with Crippen LogP contribution in [0.4, 0.5) is 5.82 Å². The van der Waals surface area contributed by atoms with E-state index in [0.29, 0.717) is 18.6 Å². The molecule has 0 aromatic carbocycles. The number of pyridine rings is 1. The number of phosphoric acid groups is 1. The Morgan fingerprint density at radius 1 is 1.24 bits per heavy atom. The molecule has 2 fully saturated rings. The summed E-state index contributed by atoms with van der Waals surface area (Å²) in [5, 5.41) is 28.2. The van der Waals surface area contributed by atoms with Crippen molar-refractivity contribution in [1.29, 1.82) is 0 Å². The van der Waals surface area contributed by atoms with Crippen LogP contribution in [0.5, 0.6) is 0 Å². The predicted molar refractivity (Wildman–Crippen MR) is 171 cm³/mol.